The van der Waals surface area contributed by atoms with E-state index in [2.05, 4.69) is 0 Å². The number of cyclic esters (lactones) is 1. The van der Waals surface area contributed by atoms with E-state index in [1.54, 1.807) is 23.6 Å². The zero-order valence-corrected chi connectivity index (χ0v) is 18.2. The lowest BCUT2D eigenvalue weighted by atomic mass is 9.86. The lowest BCUT2D eigenvalue weighted by Gasteiger charge is -2.31. The third-order valence-corrected chi connectivity index (χ3v) is 6.37. The molecule has 4 heterocycles. The number of hydrogen-bond donors (Lipinski definition) is 1. The highest BCUT2D eigenvalue weighted by Crippen LogP contribution is 2.40. The minimum absolute atomic E-state index is 0.0763. The van der Waals surface area contributed by atoms with Crippen LogP contribution in [-0.2, 0) is 34.7 Å². The summed E-state index contributed by atoms with van der Waals surface area (Å²) in [6.07, 6.45) is 0.767. The normalized spacial score (nSPS) is 18.7. The van der Waals surface area contributed by atoms with Crippen LogP contribution in [0, 0.1) is 0 Å². The van der Waals surface area contributed by atoms with Gasteiger partial charge in [-0.05, 0) is 36.6 Å². The maximum Gasteiger partial charge on any atom is 0.409 e. The monoisotopic (exact) mass is 454 g/mol. The van der Waals surface area contributed by atoms with Crippen LogP contribution in [0.4, 0.5) is 4.79 Å². The highest BCUT2D eigenvalue weighted by Gasteiger charge is 2.45. The first-order valence-electron chi connectivity index (χ1n) is 10.3. The Labute approximate surface area is 187 Å². The van der Waals surface area contributed by atoms with Gasteiger partial charge in [-0.1, -0.05) is 19.9 Å². The van der Waals surface area contributed by atoms with E-state index in [1.807, 2.05) is 19.1 Å². The first-order valence-corrected chi connectivity index (χ1v) is 10.7. The lowest BCUT2D eigenvalue weighted by molar-refractivity contribution is -0.172. The van der Waals surface area contributed by atoms with Crippen LogP contribution in [0.5, 0.6) is 5.75 Å². The molecule has 0 fully saturated rings. The Kier molecular flexibility index (Phi) is 4.61. The molecular weight excluding hydrogens is 436 g/mol. The highest BCUT2D eigenvalue weighted by molar-refractivity contribution is 6.61. The third-order valence-electron chi connectivity index (χ3n) is 6.29. The molecule has 2 aliphatic rings. The Morgan fingerprint density at radius 3 is 2.78 bits per heavy atom. The second-order valence-corrected chi connectivity index (χ2v) is 8.22. The Morgan fingerprint density at radius 2 is 2.09 bits per heavy atom. The van der Waals surface area contributed by atoms with Crippen LogP contribution in [0.3, 0.4) is 0 Å². The number of halogens is 1. The molecule has 0 saturated heterocycles. The average molecular weight is 455 g/mol. The standard InChI is InChI=1S/C23H19ClN2O6/c1-3-11-5-6-17(32-22(24)29)13-7-12-9-26-16(19(12)25-18(11)13)8-15-14(20(26)27)10-31-21(28)23(15,30)4-2/h5-8,30H,3-4,9-10H2,1-2H3/t23-/m0/s1. The zero-order chi connectivity index (χ0) is 22.8. The number of aryl methyl sites for hydroxylation is 1. The minimum Gasteiger partial charge on any atom is -0.458 e. The molecule has 2 aromatic heterocycles. The van der Waals surface area contributed by atoms with Gasteiger partial charge >= 0.3 is 11.4 Å². The summed E-state index contributed by atoms with van der Waals surface area (Å²) in [4.78, 5) is 41.7. The van der Waals surface area contributed by atoms with E-state index in [-0.39, 0.29) is 42.0 Å². The number of pyridine rings is 2. The Morgan fingerprint density at radius 1 is 1.31 bits per heavy atom. The smallest absolute Gasteiger partial charge is 0.409 e. The van der Waals surface area contributed by atoms with E-state index in [9.17, 15) is 19.5 Å². The van der Waals surface area contributed by atoms with Gasteiger partial charge in [0.2, 0.25) is 0 Å². The molecule has 0 aliphatic carbocycles. The van der Waals surface area contributed by atoms with E-state index in [1.165, 1.54) is 0 Å². The van der Waals surface area contributed by atoms with E-state index in [0.717, 1.165) is 11.1 Å². The first kappa shape index (κ1) is 20.7. The first-order chi connectivity index (χ1) is 15.3. The van der Waals surface area contributed by atoms with Crippen LogP contribution in [0.2, 0.25) is 0 Å². The van der Waals surface area contributed by atoms with E-state index < -0.39 is 17.0 Å². The predicted molar refractivity (Wildman–Crippen MR) is 116 cm³/mol. The van der Waals surface area contributed by atoms with Gasteiger partial charge in [-0.3, -0.25) is 4.79 Å². The number of esters is 1. The summed E-state index contributed by atoms with van der Waals surface area (Å²) < 4.78 is 11.8. The number of ether oxygens (including phenoxy) is 2. The molecular formula is C23H19ClN2O6. The fourth-order valence-corrected chi connectivity index (χ4v) is 4.64. The number of fused-ring (bicyclic) bond motifs is 5. The van der Waals surface area contributed by atoms with E-state index >= 15 is 0 Å². The average Bonchev–Trinajstić information content (AvgIpc) is 3.13. The summed E-state index contributed by atoms with van der Waals surface area (Å²) >= 11 is 5.43. The molecule has 0 amide bonds. The molecule has 0 radical (unpaired) electrons. The minimum atomic E-state index is -1.88. The van der Waals surface area contributed by atoms with Gasteiger partial charge in [-0.25, -0.2) is 14.6 Å². The number of rotatable bonds is 3. The molecule has 0 unspecified atom stereocenters. The van der Waals surface area contributed by atoms with Gasteiger partial charge in [0, 0.05) is 28.1 Å². The number of nitrogens with zero attached hydrogens (tertiary/aromatic N) is 2. The van der Waals surface area contributed by atoms with Crippen molar-refractivity contribution in [3.05, 3.63) is 56.9 Å². The molecule has 1 aromatic carbocycles. The molecule has 1 N–H and O–H groups in total. The van der Waals surface area contributed by atoms with Gasteiger partial charge in [0.25, 0.3) is 5.56 Å². The Bertz CT molecular complexity index is 1400. The molecule has 164 valence electrons. The van der Waals surface area contributed by atoms with Crippen LogP contribution in [0.25, 0.3) is 22.3 Å². The molecule has 0 bridgehead atoms. The zero-order valence-electron chi connectivity index (χ0n) is 17.4. The number of carbonyl (C=O) groups is 2. The lowest BCUT2D eigenvalue weighted by Crippen LogP contribution is -2.44. The molecule has 0 spiro atoms. The fourth-order valence-electron chi connectivity index (χ4n) is 4.56. The summed E-state index contributed by atoms with van der Waals surface area (Å²) in [5.41, 5.74) is 0.794. The number of hydrogen-bond acceptors (Lipinski definition) is 7. The van der Waals surface area contributed by atoms with Gasteiger partial charge in [0.15, 0.2) is 5.60 Å². The maximum absolute atomic E-state index is 13.3. The van der Waals surface area contributed by atoms with Crippen molar-refractivity contribution < 1.29 is 24.2 Å². The van der Waals surface area contributed by atoms with Gasteiger partial charge in [0.1, 0.15) is 12.4 Å². The summed E-state index contributed by atoms with van der Waals surface area (Å²) in [6.45, 7) is 3.72. The largest absolute Gasteiger partial charge is 0.458 e. The van der Waals surface area contributed by atoms with Crippen molar-refractivity contribution in [1.82, 2.24) is 9.55 Å². The molecule has 3 aromatic rings. The van der Waals surface area contributed by atoms with Crippen molar-refractivity contribution in [2.24, 2.45) is 0 Å². The van der Waals surface area contributed by atoms with Crippen LogP contribution in [0.15, 0.2) is 29.1 Å². The SMILES string of the molecule is CCc1ccc(OC(=O)Cl)c2cc3c(nc12)-c1cc2c(c(=O)n1C3)COC(=O)[C@]2(O)CC. The quantitative estimate of drug-likeness (QED) is 0.373. The molecule has 2 aliphatic heterocycles. The molecule has 8 nitrogen and oxygen atoms in total. The van der Waals surface area contributed by atoms with Crippen LogP contribution >= 0.6 is 11.6 Å². The molecule has 32 heavy (non-hydrogen) atoms. The topological polar surface area (TPSA) is 108 Å². The summed E-state index contributed by atoms with van der Waals surface area (Å²) in [7, 11) is 0. The summed E-state index contributed by atoms with van der Waals surface area (Å²) in [6, 6.07) is 7.00. The van der Waals surface area contributed by atoms with Gasteiger partial charge in [-0.15, -0.1) is 0 Å². The predicted octanol–water partition coefficient (Wildman–Crippen LogP) is 3.38. The Hall–Kier alpha value is -3.23. The number of carbonyl (C=O) groups excluding carboxylic acids is 2. The summed E-state index contributed by atoms with van der Waals surface area (Å²) in [5.74, 6) is -0.475. The van der Waals surface area contributed by atoms with E-state index in [4.69, 9.17) is 26.1 Å². The van der Waals surface area contributed by atoms with Gasteiger partial charge < -0.3 is 19.1 Å². The van der Waals surface area contributed by atoms with Crippen molar-refractivity contribution in [3.8, 4) is 17.1 Å². The Balaban J connectivity index is 1.78. The molecule has 9 heteroatoms. The van der Waals surface area contributed by atoms with Gasteiger partial charge in [-0.2, -0.15) is 0 Å². The van der Waals surface area contributed by atoms with Crippen LogP contribution in [0.1, 0.15) is 42.5 Å². The second-order valence-electron chi connectivity index (χ2n) is 7.91. The summed E-state index contributed by atoms with van der Waals surface area (Å²) in [5, 5.41) is 11.6. The molecule has 1 atom stereocenters. The molecule has 0 saturated carbocycles. The van der Waals surface area contributed by atoms with Gasteiger partial charge in [0.05, 0.1) is 29.0 Å². The van der Waals surface area contributed by atoms with E-state index in [0.29, 0.717) is 28.7 Å². The van der Waals surface area contributed by atoms with Crippen molar-refractivity contribution in [3.63, 3.8) is 0 Å². The fraction of sp³-hybridized carbons (Fsp3) is 0.304. The van der Waals surface area contributed by atoms with Crippen molar-refractivity contribution in [2.45, 2.75) is 45.4 Å². The molecule has 5 rings (SSSR count). The third kappa shape index (κ3) is 2.79. The van der Waals surface area contributed by atoms with Crippen molar-refractivity contribution in [1.29, 1.82) is 0 Å². The van der Waals surface area contributed by atoms with Crippen molar-refractivity contribution >= 4 is 33.9 Å². The van der Waals surface area contributed by atoms with Crippen molar-refractivity contribution in [2.75, 3.05) is 0 Å². The van der Waals surface area contributed by atoms with Crippen LogP contribution < -0.4 is 10.3 Å². The number of aromatic nitrogens is 2. The number of aliphatic hydroxyl groups is 1. The highest BCUT2D eigenvalue weighted by atomic mass is 35.5. The van der Waals surface area contributed by atoms with Crippen LogP contribution in [-0.4, -0.2) is 26.1 Å². The number of benzene rings is 1. The maximum atomic E-state index is 13.3. The second kappa shape index (κ2) is 7.15.